The Bertz CT molecular complexity index is 2500. The van der Waals surface area contributed by atoms with E-state index in [1.165, 1.54) is 66.1 Å². The van der Waals surface area contributed by atoms with Crippen LogP contribution in [-0.4, -0.2) is 0 Å². The minimum atomic E-state index is 0.911. The second-order valence-corrected chi connectivity index (χ2v) is 11.7. The van der Waals surface area contributed by atoms with E-state index in [0.29, 0.717) is 0 Å². The van der Waals surface area contributed by atoms with Crippen molar-refractivity contribution in [2.75, 3.05) is 0 Å². The van der Waals surface area contributed by atoms with Gasteiger partial charge in [-0.2, -0.15) is 0 Å². The molecule has 0 atom stereocenters. The highest BCUT2D eigenvalue weighted by atomic mass is 16.3. The number of furan rings is 1. The lowest BCUT2D eigenvalue weighted by Gasteiger charge is -2.19. The molecule has 0 radical (unpaired) electrons. The Labute approximate surface area is 261 Å². The summed E-state index contributed by atoms with van der Waals surface area (Å²) in [5.74, 6) is 0. The molecule has 0 spiro atoms. The first-order valence-electron chi connectivity index (χ1n) is 15.4. The van der Waals surface area contributed by atoms with Crippen molar-refractivity contribution in [1.82, 2.24) is 0 Å². The summed E-state index contributed by atoms with van der Waals surface area (Å²) in [7, 11) is 0. The summed E-state index contributed by atoms with van der Waals surface area (Å²) in [6.07, 6.45) is 0. The smallest absolute Gasteiger partial charge is 0.135 e. The predicted molar refractivity (Wildman–Crippen MR) is 190 cm³/mol. The van der Waals surface area contributed by atoms with Crippen LogP contribution in [-0.2, 0) is 0 Å². The lowest BCUT2D eigenvalue weighted by atomic mass is 9.84. The van der Waals surface area contributed by atoms with Crippen LogP contribution in [0, 0.1) is 0 Å². The van der Waals surface area contributed by atoms with Crippen LogP contribution in [0.3, 0.4) is 0 Å². The first kappa shape index (κ1) is 25.6. The molecule has 1 nitrogen and oxygen atoms in total. The standard InChI is InChI=1S/C44H28O/c1-3-11-29(12-4-1)31-19-21-32(22-20-31)43-36-16-7-8-17-37(36)44(40-27-33(23-25-38(40)43)30-13-5-2-6-14-30)34-24-26-42-39(28-34)35-15-9-10-18-41(35)45-42/h1-28H. The molecule has 210 valence electrons. The van der Waals surface area contributed by atoms with E-state index in [1.807, 2.05) is 12.1 Å². The van der Waals surface area contributed by atoms with Gasteiger partial charge in [-0.15, -0.1) is 0 Å². The quantitative estimate of drug-likeness (QED) is 0.191. The molecular weight excluding hydrogens is 544 g/mol. The zero-order chi connectivity index (χ0) is 29.7. The maximum Gasteiger partial charge on any atom is 0.135 e. The fourth-order valence-corrected chi connectivity index (χ4v) is 6.95. The number of benzene rings is 8. The van der Waals surface area contributed by atoms with Gasteiger partial charge in [0, 0.05) is 10.8 Å². The summed E-state index contributed by atoms with van der Waals surface area (Å²) in [5, 5.41) is 7.25. The molecule has 0 unspecified atom stereocenters. The van der Waals surface area contributed by atoms with Gasteiger partial charge < -0.3 is 4.42 Å². The summed E-state index contributed by atoms with van der Waals surface area (Å²) < 4.78 is 6.21. The minimum absolute atomic E-state index is 0.911. The molecule has 0 fully saturated rings. The summed E-state index contributed by atoms with van der Waals surface area (Å²) in [6.45, 7) is 0. The van der Waals surface area contributed by atoms with Crippen LogP contribution < -0.4 is 0 Å². The van der Waals surface area contributed by atoms with Crippen LogP contribution in [0.4, 0.5) is 0 Å². The van der Waals surface area contributed by atoms with Gasteiger partial charge in [0.2, 0.25) is 0 Å². The number of fused-ring (bicyclic) bond motifs is 5. The first-order valence-corrected chi connectivity index (χ1v) is 15.4. The Hall–Kier alpha value is -5.92. The summed E-state index contributed by atoms with van der Waals surface area (Å²) in [6, 6.07) is 61.1. The van der Waals surface area contributed by atoms with Crippen molar-refractivity contribution < 1.29 is 4.42 Å². The SMILES string of the molecule is c1ccc(-c2ccc(-c3c4ccccc4c(-c4ccc5oc6ccccc6c5c4)c4cc(-c5ccccc5)ccc34)cc2)cc1. The van der Waals surface area contributed by atoms with E-state index < -0.39 is 0 Å². The molecule has 0 aliphatic rings. The molecule has 1 aromatic heterocycles. The van der Waals surface area contributed by atoms with E-state index in [2.05, 4.69) is 158 Å². The third-order valence-corrected chi connectivity index (χ3v) is 9.08. The monoisotopic (exact) mass is 572 g/mol. The molecule has 45 heavy (non-hydrogen) atoms. The Balaban J connectivity index is 1.35. The topological polar surface area (TPSA) is 13.1 Å². The van der Waals surface area contributed by atoms with E-state index in [1.54, 1.807) is 0 Å². The number of hydrogen-bond donors (Lipinski definition) is 0. The highest BCUT2D eigenvalue weighted by Gasteiger charge is 2.19. The van der Waals surface area contributed by atoms with Crippen molar-refractivity contribution in [2.45, 2.75) is 0 Å². The number of rotatable bonds is 4. The molecular formula is C44H28O. The van der Waals surface area contributed by atoms with Crippen LogP contribution in [0.5, 0.6) is 0 Å². The van der Waals surface area contributed by atoms with Crippen molar-refractivity contribution in [1.29, 1.82) is 0 Å². The summed E-state index contributed by atoms with van der Waals surface area (Å²) >= 11 is 0. The van der Waals surface area contributed by atoms with E-state index in [4.69, 9.17) is 4.42 Å². The lowest BCUT2D eigenvalue weighted by molar-refractivity contribution is 0.669. The van der Waals surface area contributed by atoms with Crippen molar-refractivity contribution >= 4 is 43.5 Å². The molecule has 0 bridgehead atoms. The number of hydrogen-bond acceptors (Lipinski definition) is 1. The second-order valence-electron chi connectivity index (χ2n) is 11.7. The predicted octanol–water partition coefficient (Wildman–Crippen LogP) is 12.6. The highest BCUT2D eigenvalue weighted by Crippen LogP contribution is 2.46. The van der Waals surface area contributed by atoms with Crippen molar-refractivity contribution in [3.63, 3.8) is 0 Å². The van der Waals surface area contributed by atoms with E-state index in [0.717, 1.165) is 21.9 Å². The summed E-state index contributed by atoms with van der Waals surface area (Å²) in [5.41, 5.74) is 11.6. The van der Waals surface area contributed by atoms with Crippen LogP contribution in [0.1, 0.15) is 0 Å². The third kappa shape index (κ3) is 4.24. The van der Waals surface area contributed by atoms with Crippen LogP contribution in [0.25, 0.3) is 88.0 Å². The third-order valence-electron chi connectivity index (χ3n) is 9.08. The minimum Gasteiger partial charge on any atom is -0.456 e. The van der Waals surface area contributed by atoms with Gasteiger partial charge in [0.1, 0.15) is 11.2 Å². The molecule has 0 saturated carbocycles. The molecule has 9 aromatic rings. The van der Waals surface area contributed by atoms with Gasteiger partial charge in [-0.1, -0.05) is 146 Å². The molecule has 0 aliphatic carbocycles. The second kappa shape index (κ2) is 10.4. The van der Waals surface area contributed by atoms with E-state index >= 15 is 0 Å². The molecule has 0 amide bonds. The molecule has 8 aromatic carbocycles. The average molecular weight is 573 g/mol. The van der Waals surface area contributed by atoms with Gasteiger partial charge in [-0.3, -0.25) is 0 Å². The fourth-order valence-electron chi connectivity index (χ4n) is 6.95. The average Bonchev–Trinajstić information content (AvgIpc) is 3.49. The molecule has 0 saturated heterocycles. The molecule has 9 rings (SSSR count). The van der Waals surface area contributed by atoms with Gasteiger partial charge >= 0.3 is 0 Å². The Kier molecular flexibility index (Phi) is 5.89. The zero-order valence-corrected chi connectivity index (χ0v) is 24.6. The van der Waals surface area contributed by atoms with Gasteiger partial charge in [0.05, 0.1) is 0 Å². The van der Waals surface area contributed by atoms with Gasteiger partial charge in [-0.05, 0) is 90.3 Å². The fraction of sp³-hybridized carbons (Fsp3) is 0. The molecule has 0 N–H and O–H groups in total. The zero-order valence-electron chi connectivity index (χ0n) is 24.6. The lowest BCUT2D eigenvalue weighted by Crippen LogP contribution is -1.92. The van der Waals surface area contributed by atoms with E-state index in [9.17, 15) is 0 Å². The van der Waals surface area contributed by atoms with Crippen molar-refractivity contribution in [3.05, 3.63) is 170 Å². The van der Waals surface area contributed by atoms with Gasteiger partial charge in [-0.25, -0.2) is 0 Å². The molecule has 0 aliphatic heterocycles. The number of para-hydroxylation sites is 1. The summed E-state index contributed by atoms with van der Waals surface area (Å²) in [4.78, 5) is 0. The molecule has 1 heteroatoms. The molecule has 1 heterocycles. The normalized spacial score (nSPS) is 11.6. The van der Waals surface area contributed by atoms with Crippen LogP contribution in [0.15, 0.2) is 174 Å². The Morgan fingerprint density at radius 3 is 1.40 bits per heavy atom. The Morgan fingerprint density at radius 2 is 0.689 bits per heavy atom. The van der Waals surface area contributed by atoms with Crippen LogP contribution in [0.2, 0.25) is 0 Å². The highest BCUT2D eigenvalue weighted by molar-refractivity contribution is 6.22. The van der Waals surface area contributed by atoms with E-state index in [-0.39, 0.29) is 0 Å². The maximum absolute atomic E-state index is 6.21. The Morgan fingerprint density at radius 1 is 0.244 bits per heavy atom. The van der Waals surface area contributed by atoms with Crippen LogP contribution >= 0.6 is 0 Å². The largest absolute Gasteiger partial charge is 0.456 e. The van der Waals surface area contributed by atoms with Crippen molar-refractivity contribution in [2.24, 2.45) is 0 Å². The first-order chi connectivity index (χ1) is 22.3. The maximum atomic E-state index is 6.21. The van der Waals surface area contributed by atoms with Gasteiger partial charge in [0.25, 0.3) is 0 Å². The van der Waals surface area contributed by atoms with Crippen molar-refractivity contribution in [3.8, 4) is 44.5 Å². The van der Waals surface area contributed by atoms with Gasteiger partial charge in [0.15, 0.2) is 0 Å².